The second kappa shape index (κ2) is 22.7. The maximum Gasteiger partial charge on any atom is 0.264 e. The maximum atomic E-state index is 13.0. The number of nitrogens with one attached hydrogen (secondary N) is 2. The minimum atomic E-state index is -3.83. The zero-order chi connectivity index (χ0) is 54.4. The standard InChI is InChI=1S/2C29H35ClN2O6S/c2*30-22-6-8-24-19(13-22)3-1-10-29(24)17-32-15-21-4-7-23(21)26(33)16-37-11-2-12-39(35,36)31-28(34)20-5-9-27(38-18-29)25(32)14-20/h2*5-6,8-9,13-14,21,23,26,33H,1-4,7,10-12,15-18H2,(H,31,34)/t21-,23+,26+,29-;21-,23+,26-,29-/m00/s1. The predicted octanol–water partition coefficient (Wildman–Crippen LogP) is 7.36. The fourth-order valence-electron chi connectivity index (χ4n) is 13.6. The molecule has 0 radical (unpaired) electrons. The highest BCUT2D eigenvalue weighted by atomic mass is 35.5. The van der Waals surface area contributed by atoms with Crippen LogP contribution in [0.5, 0.6) is 11.5 Å². The lowest BCUT2D eigenvalue weighted by molar-refractivity contribution is -0.0418. The third kappa shape index (κ3) is 11.7. The van der Waals surface area contributed by atoms with Crippen molar-refractivity contribution in [2.45, 2.75) is 100 Å². The van der Waals surface area contributed by atoms with Gasteiger partial charge in [0.1, 0.15) is 11.5 Å². The predicted molar refractivity (Wildman–Crippen MR) is 298 cm³/mol. The fraction of sp³-hybridized carbons (Fsp3) is 0.552. The maximum absolute atomic E-state index is 13.0. The molecule has 20 heteroatoms. The number of anilines is 2. The summed E-state index contributed by atoms with van der Waals surface area (Å²) in [5.74, 6) is 0.333. The Morgan fingerprint density at radius 2 is 1.00 bits per heavy atom. The lowest BCUT2D eigenvalue weighted by Crippen LogP contribution is -2.50. The number of aliphatic hydroxyl groups is 2. The van der Waals surface area contributed by atoms with Crippen molar-refractivity contribution in [1.29, 1.82) is 0 Å². The summed E-state index contributed by atoms with van der Waals surface area (Å²) in [7, 11) is -7.66. The van der Waals surface area contributed by atoms with Gasteiger partial charge in [-0.15, -0.1) is 0 Å². The number of amides is 2. The molecular formula is C58H70Cl2N4O12S2. The zero-order valence-corrected chi connectivity index (χ0v) is 47.0. The number of nitrogens with zero attached hydrogens (tertiary/aromatic N) is 2. The van der Waals surface area contributed by atoms with Gasteiger partial charge < -0.3 is 39.0 Å². The first-order valence-corrected chi connectivity index (χ1v) is 31.7. The minimum Gasteiger partial charge on any atom is -0.490 e. The van der Waals surface area contributed by atoms with E-state index in [1.54, 1.807) is 36.4 Å². The summed E-state index contributed by atoms with van der Waals surface area (Å²) in [6.07, 6.45) is 9.05. The summed E-state index contributed by atoms with van der Waals surface area (Å²) >= 11 is 12.7. The van der Waals surface area contributed by atoms with Gasteiger partial charge >= 0.3 is 0 Å². The number of rotatable bonds is 0. The average molecular weight is 1150 g/mol. The fourth-order valence-corrected chi connectivity index (χ4v) is 16.0. The molecule has 16 nitrogen and oxygen atoms in total. The summed E-state index contributed by atoms with van der Waals surface area (Å²) in [6.45, 7) is 4.53. The van der Waals surface area contributed by atoms with E-state index >= 15 is 0 Å². The molecule has 0 saturated heterocycles. The van der Waals surface area contributed by atoms with Gasteiger partial charge in [-0.1, -0.05) is 35.3 Å². The number of carbonyl (C=O) groups is 2. The molecule has 12 rings (SSSR count). The number of sulfonamides is 2. The SMILES string of the molecule is O=C1NS(=O)(=O)CCCOC[C@@H](O)[C@@H]2CC[C@H]2CN2C[C@@]3(CCCc4cc(Cl)ccc43)COc3ccc1cc32.O=C1NS(=O)(=O)CCCOC[C@H](O)[C@@H]2CC[C@H]2CN2C[C@@]3(CCCc4cc(Cl)ccc43)COc3ccc1cc32. The molecule has 8 aliphatic rings. The highest BCUT2D eigenvalue weighted by Gasteiger charge is 2.47. The molecule has 2 fully saturated rings. The van der Waals surface area contributed by atoms with Crippen LogP contribution in [0.15, 0.2) is 72.8 Å². The number of aliphatic hydroxyl groups excluding tert-OH is 2. The van der Waals surface area contributed by atoms with E-state index < -0.39 is 44.1 Å². The van der Waals surface area contributed by atoms with Gasteiger partial charge in [-0.2, -0.15) is 0 Å². The van der Waals surface area contributed by atoms with Crippen molar-refractivity contribution < 1.29 is 55.6 Å². The summed E-state index contributed by atoms with van der Waals surface area (Å²) in [4.78, 5) is 30.7. The van der Waals surface area contributed by atoms with Crippen LogP contribution >= 0.6 is 23.2 Å². The zero-order valence-electron chi connectivity index (χ0n) is 43.8. The van der Waals surface area contributed by atoms with E-state index in [4.69, 9.17) is 42.1 Å². The van der Waals surface area contributed by atoms with Crippen LogP contribution in [0.4, 0.5) is 11.4 Å². The van der Waals surface area contributed by atoms with Gasteiger partial charge in [0.25, 0.3) is 11.8 Å². The smallest absolute Gasteiger partial charge is 0.264 e. The monoisotopic (exact) mass is 1150 g/mol. The number of halogens is 2. The van der Waals surface area contributed by atoms with Crippen molar-refractivity contribution in [1.82, 2.24) is 9.44 Å². The van der Waals surface area contributed by atoms with Crippen LogP contribution in [-0.2, 0) is 53.2 Å². The first-order chi connectivity index (χ1) is 37.5. The topological polar surface area (TPSA) is 210 Å². The van der Waals surface area contributed by atoms with Crippen LogP contribution in [-0.4, -0.2) is 128 Å². The van der Waals surface area contributed by atoms with Crippen LogP contribution < -0.4 is 28.7 Å². The average Bonchev–Trinajstić information content (AvgIpc) is 3.82. The Hall–Kier alpha value is -4.66. The van der Waals surface area contributed by atoms with Gasteiger partial charge in [-0.25, -0.2) is 26.3 Å². The Labute approximate surface area is 467 Å². The second-order valence-corrected chi connectivity index (χ2v) is 27.6. The van der Waals surface area contributed by atoms with Gasteiger partial charge in [-0.3, -0.25) is 9.59 Å². The molecule has 420 valence electrons. The van der Waals surface area contributed by atoms with E-state index in [0.29, 0.717) is 50.9 Å². The number of hydrogen-bond donors (Lipinski definition) is 4. The largest absolute Gasteiger partial charge is 0.490 e. The lowest BCUT2D eigenvalue weighted by Gasteiger charge is -2.45. The molecule has 2 saturated carbocycles. The molecule has 4 aromatic rings. The van der Waals surface area contributed by atoms with Gasteiger partial charge in [0.05, 0.1) is 61.5 Å². The minimum absolute atomic E-state index is 0.106. The Morgan fingerprint density at radius 1 is 0.564 bits per heavy atom. The second-order valence-electron chi connectivity index (χ2n) is 23.1. The Balaban J connectivity index is 0.000000165. The molecule has 4 N–H and O–H groups in total. The van der Waals surface area contributed by atoms with E-state index in [-0.39, 0.29) is 96.4 Å². The molecule has 2 amide bonds. The van der Waals surface area contributed by atoms with Gasteiger partial charge in [-0.05, 0) is 184 Å². The lowest BCUT2D eigenvalue weighted by atomic mass is 9.68. The number of aryl methyl sites for hydroxylation is 2. The first kappa shape index (κ1) is 55.3. The van der Waals surface area contributed by atoms with Crippen LogP contribution in [0, 0.1) is 23.7 Å². The number of hydrogen-bond acceptors (Lipinski definition) is 14. The molecule has 4 aliphatic carbocycles. The van der Waals surface area contributed by atoms with Crippen LogP contribution in [0.1, 0.15) is 107 Å². The number of ether oxygens (including phenoxy) is 4. The van der Waals surface area contributed by atoms with E-state index in [1.165, 1.54) is 22.3 Å². The molecule has 0 aromatic heterocycles. The van der Waals surface area contributed by atoms with Gasteiger partial charge in [0.15, 0.2) is 0 Å². The molecule has 4 aliphatic heterocycles. The van der Waals surface area contributed by atoms with Crippen molar-refractivity contribution in [2.24, 2.45) is 23.7 Å². The van der Waals surface area contributed by atoms with Gasteiger partial charge in [0.2, 0.25) is 20.0 Å². The molecule has 4 bridgehead atoms. The number of benzene rings is 4. The van der Waals surface area contributed by atoms with Crippen molar-refractivity contribution in [3.05, 3.63) is 116 Å². The Morgan fingerprint density at radius 3 is 1.41 bits per heavy atom. The molecule has 4 heterocycles. The molecular weight excluding hydrogens is 1080 g/mol. The molecule has 78 heavy (non-hydrogen) atoms. The van der Waals surface area contributed by atoms with Crippen LogP contribution in [0.2, 0.25) is 10.0 Å². The quantitative estimate of drug-likeness (QED) is 0.136. The van der Waals surface area contributed by atoms with Crippen molar-refractivity contribution in [3.63, 3.8) is 0 Å². The highest BCUT2D eigenvalue weighted by Crippen LogP contribution is 2.49. The van der Waals surface area contributed by atoms with E-state index in [2.05, 4.69) is 43.5 Å². The molecule has 4 aromatic carbocycles. The normalized spacial score (nSPS) is 30.7. The molecule has 2 spiro atoms. The van der Waals surface area contributed by atoms with Crippen LogP contribution in [0.25, 0.3) is 0 Å². The van der Waals surface area contributed by atoms with Crippen LogP contribution in [0.3, 0.4) is 0 Å². The number of fused-ring (bicyclic) bond motifs is 8. The number of carbonyl (C=O) groups excluding carboxylic acids is 2. The Bertz CT molecular complexity index is 2940. The third-order valence-electron chi connectivity index (χ3n) is 17.9. The van der Waals surface area contributed by atoms with Crippen molar-refractivity contribution in [2.75, 3.05) is 87.1 Å². The third-order valence-corrected chi connectivity index (χ3v) is 21.0. The van der Waals surface area contributed by atoms with Crippen molar-refractivity contribution >= 4 is 66.4 Å². The Kier molecular flexibility index (Phi) is 16.1. The highest BCUT2D eigenvalue weighted by molar-refractivity contribution is 7.90. The summed E-state index contributed by atoms with van der Waals surface area (Å²) in [5, 5.41) is 23.3. The van der Waals surface area contributed by atoms with E-state index in [9.17, 15) is 36.6 Å². The summed E-state index contributed by atoms with van der Waals surface area (Å²) in [5.41, 5.74) is 6.58. The molecule has 0 unspecified atom stereocenters. The summed E-state index contributed by atoms with van der Waals surface area (Å²) < 4.78 is 78.8. The summed E-state index contributed by atoms with van der Waals surface area (Å²) in [6, 6.07) is 22.6. The van der Waals surface area contributed by atoms with E-state index in [1.807, 2.05) is 12.1 Å². The van der Waals surface area contributed by atoms with Crippen molar-refractivity contribution in [3.8, 4) is 11.5 Å². The molecule has 8 atom stereocenters. The van der Waals surface area contributed by atoms with Gasteiger partial charge in [0, 0.05) is 71.4 Å². The first-order valence-electron chi connectivity index (χ1n) is 27.7. The van der Waals surface area contributed by atoms with E-state index in [0.717, 1.165) is 85.6 Å².